The predicted octanol–water partition coefficient (Wildman–Crippen LogP) is 2.56. The van der Waals surface area contributed by atoms with Gasteiger partial charge in [0.25, 0.3) is 5.91 Å². The molecule has 3 aliphatic rings. The number of likely N-dealkylation sites (tertiary alicyclic amines) is 1. The molecule has 4 heteroatoms. The van der Waals surface area contributed by atoms with Gasteiger partial charge in [-0.1, -0.05) is 24.3 Å². The molecule has 0 bridgehead atoms. The number of ether oxygens (including phenoxy) is 1. The quantitative estimate of drug-likeness (QED) is 0.783. The van der Waals surface area contributed by atoms with E-state index in [-0.39, 0.29) is 5.91 Å². The smallest absolute Gasteiger partial charge is 0.257 e. The Morgan fingerprint density at radius 3 is 2.70 bits per heavy atom. The van der Waals surface area contributed by atoms with Crippen molar-refractivity contribution in [3.63, 3.8) is 0 Å². The van der Waals surface area contributed by atoms with E-state index in [0.717, 1.165) is 45.0 Å². The Morgan fingerprint density at radius 2 is 1.91 bits per heavy atom. The molecular formula is C19H24N2O2. The molecule has 0 aromatic heterocycles. The number of benzene rings is 1. The molecule has 1 aliphatic carbocycles. The average Bonchev–Trinajstić information content (AvgIpc) is 3.05. The van der Waals surface area contributed by atoms with Gasteiger partial charge in [-0.3, -0.25) is 9.69 Å². The summed E-state index contributed by atoms with van der Waals surface area (Å²) in [5, 5.41) is 0. The summed E-state index contributed by atoms with van der Waals surface area (Å²) in [7, 11) is 0. The lowest BCUT2D eigenvalue weighted by atomic mass is 10.1. The lowest BCUT2D eigenvalue weighted by Gasteiger charge is -2.24. The van der Waals surface area contributed by atoms with E-state index in [9.17, 15) is 4.79 Å². The van der Waals surface area contributed by atoms with Crippen molar-refractivity contribution >= 4 is 5.91 Å². The number of hydrogen-bond acceptors (Lipinski definition) is 3. The Kier molecular flexibility index (Phi) is 4.08. The lowest BCUT2D eigenvalue weighted by molar-refractivity contribution is 0.0776. The fourth-order valence-corrected chi connectivity index (χ4v) is 3.45. The van der Waals surface area contributed by atoms with Crippen LogP contribution in [0.3, 0.4) is 0 Å². The molecule has 2 aliphatic heterocycles. The second-order valence-electron chi connectivity index (χ2n) is 6.87. The third-order valence-corrected chi connectivity index (χ3v) is 5.10. The molecule has 1 saturated heterocycles. The predicted molar refractivity (Wildman–Crippen MR) is 89.7 cm³/mol. The SMILES string of the molecule is O=C(c1ccccc1OCC1CC1)N1CC[C@H](N2CC=CC2)C1. The first kappa shape index (κ1) is 14.8. The zero-order valence-electron chi connectivity index (χ0n) is 13.5. The van der Waals surface area contributed by atoms with E-state index in [2.05, 4.69) is 17.1 Å². The van der Waals surface area contributed by atoms with Gasteiger partial charge in [0, 0.05) is 32.2 Å². The maximum Gasteiger partial charge on any atom is 0.257 e. The topological polar surface area (TPSA) is 32.8 Å². The van der Waals surface area contributed by atoms with Gasteiger partial charge in [-0.05, 0) is 37.3 Å². The Labute approximate surface area is 137 Å². The summed E-state index contributed by atoms with van der Waals surface area (Å²) in [6.45, 7) is 4.46. The fourth-order valence-electron chi connectivity index (χ4n) is 3.45. The second kappa shape index (κ2) is 6.36. The number of carbonyl (C=O) groups excluding carboxylic acids is 1. The van der Waals surface area contributed by atoms with Crippen LogP contribution in [0.25, 0.3) is 0 Å². The van der Waals surface area contributed by atoms with Gasteiger partial charge in [0.2, 0.25) is 0 Å². The van der Waals surface area contributed by atoms with Gasteiger partial charge in [-0.15, -0.1) is 0 Å². The molecular weight excluding hydrogens is 288 g/mol. The lowest BCUT2D eigenvalue weighted by Crippen LogP contribution is -2.37. The van der Waals surface area contributed by atoms with E-state index in [1.165, 1.54) is 12.8 Å². The fraction of sp³-hybridized carbons (Fsp3) is 0.526. The molecule has 0 N–H and O–H groups in total. The van der Waals surface area contributed by atoms with Crippen molar-refractivity contribution in [1.82, 2.24) is 9.80 Å². The molecule has 23 heavy (non-hydrogen) atoms. The van der Waals surface area contributed by atoms with Crippen LogP contribution >= 0.6 is 0 Å². The molecule has 0 spiro atoms. The van der Waals surface area contributed by atoms with Gasteiger partial charge >= 0.3 is 0 Å². The van der Waals surface area contributed by atoms with Crippen molar-refractivity contribution in [2.45, 2.75) is 25.3 Å². The maximum atomic E-state index is 12.9. The van der Waals surface area contributed by atoms with Gasteiger partial charge in [-0.25, -0.2) is 0 Å². The zero-order valence-corrected chi connectivity index (χ0v) is 13.5. The van der Waals surface area contributed by atoms with E-state index in [1.54, 1.807) is 0 Å². The van der Waals surface area contributed by atoms with Crippen molar-refractivity contribution < 1.29 is 9.53 Å². The van der Waals surface area contributed by atoms with Crippen LogP contribution in [-0.4, -0.2) is 54.5 Å². The third kappa shape index (κ3) is 3.27. The van der Waals surface area contributed by atoms with Gasteiger partial charge < -0.3 is 9.64 Å². The minimum atomic E-state index is 0.117. The molecule has 2 heterocycles. The minimum absolute atomic E-state index is 0.117. The normalized spacial score (nSPS) is 24.3. The highest BCUT2D eigenvalue weighted by molar-refractivity contribution is 5.97. The molecule has 4 nitrogen and oxygen atoms in total. The summed E-state index contributed by atoms with van der Waals surface area (Å²) in [5.41, 5.74) is 0.716. The molecule has 1 saturated carbocycles. The van der Waals surface area contributed by atoms with Crippen LogP contribution in [0, 0.1) is 5.92 Å². The molecule has 2 fully saturated rings. The van der Waals surface area contributed by atoms with E-state index in [0.29, 0.717) is 17.5 Å². The van der Waals surface area contributed by atoms with E-state index in [1.807, 2.05) is 29.2 Å². The number of para-hydroxylation sites is 1. The van der Waals surface area contributed by atoms with Crippen LogP contribution in [0.5, 0.6) is 5.75 Å². The molecule has 1 amide bonds. The average molecular weight is 312 g/mol. The highest BCUT2D eigenvalue weighted by atomic mass is 16.5. The highest BCUT2D eigenvalue weighted by Gasteiger charge is 2.32. The van der Waals surface area contributed by atoms with Crippen LogP contribution in [0.15, 0.2) is 36.4 Å². The summed E-state index contributed by atoms with van der Waals surface area (Å²) >= 11 is 0. The minimum Gasteiger partial charge on any atom is -0.492 e. The molecule has 122 valence electrons. The summed E-state index contributed by atoms with van der Waals surface area (Å²) < 4.78 is 5.90. The first-order chi connectivity index (χ1) is 11.3. The highest BCUT2D eigenvalue weighted by Crippen LogP contribution is 2.31. The van der Waals surface area contributed by atoms with Gasteiger partial charge in [0.05, 0.1) is 12.2 Å². The van der Waals surface area contributed by atoms with Gasteiger partial charge in [0.1, 0.15) is 5.75 Å². The Bertz CT molecular complexity index is 601. The standard InChI is InChI=1S/C19H24N2O2/c22-19(21-12-9-16(13-21)20-10-3-4-11-20)17-5-1-2-6-18(17)23-14-15-7-8-15/h1-6,15-16H,7-14H2/t16-/m0/s1. The molecule has 1 aromatic rings. The number of nitrogens with zero attached hydrogens (tertiary/aromatic N) is 2. The van der Waals surface area contributed by atoms with Crippen LogP contribution < -0.4 is 4.74 Å². The number of carbonyl (C=O) groups is 1. The number of rotatable bonds is 5. The first-order valence-electron chi connectivity index (χ1n) is 8.71. The third-order valence-electron chi connectivity index (χ3n) is 5.10. The zero-order chi connectivity index (χ0) is 15.6. The van der Waals surface area contributed by atoms with Crippen LogP contribution in [0.2, 0.25) is 0 Å². The molecule has 4 rings (SSSR count). The Morgan fingerprint density at radius 1 is 1.13 bits per heavy atom. The second-order valence-corrected chi connectivity index (χ2v) is 6.87. The molecule has 1 aromatic carbocycles. The summed E-state index contributed by atoms with van der Waals surface area (Å²) in [4.78, 5) is 17.3. The molecule has 0 radical (unpaired) electrons. The van der Waals surface area contributed by atoms with Crippen LogP contribution in [0.4, 0.5) is 0 Å². The van der Waals surface area contributed by atoms with Gasteiger partial charge in [0.15, 0.2) is 0 Å². The van der Waals surface area contributed by atoms with Crippen LogP contribution in [-0.2, 0) is 0 Å². The van der Waals surface area contributed by atoms with Crippen molar-refractivity contribution in [2.75, 3.05) is 32.8 Å². The Hall–Kier alpha value is -1.81. The Balaban J connectivity index is 1.42. The van der Waals surface area contributed by atoms with Crippen molar-refractivity contribution in [2.24, 2.45) is 5.92 Å². The maximum absolute atomic E-state index is 12.9. The van der Waals surface area contributed by atoms with Gasteiger partial charge in [-0.2, -0.15) is 0 Å². The number of hydrogen-bond donors (Lipinski definition) is 0. The molecule has 0 unspecified atom stereocenters. The summed E-state index contributed by atoms with van der Waals surface area (Å²) in [6, 6.07) is 8.19. The summed E-state index contributed by atoms with van der Waals surface area (Å²) in [5.74, 6) is 1.55. The van der Waals surface area contributed by atoms with E-state index in [4.69, 9.17) is 4.74 Å². The van der Waals surface area contributed by atoms with Crippen molar-refractivity contribution in [1.29, 1.82) is 0 Å². The number of amides is 1. The van der Waals surface area contributed by atoms with Crippen molar-refractivity contribution in [3.05, 3.63) is 42.0 Å². The molecule has 1 atom stereocenters. The van der Waals surface area contributed by atoms with E-state index >= 15 is 0 Å². The summed E-state index contributed by atoms with van der Waals surface area (Å²) in [6.07, 6.45) is 8.01. The van der Waals surface area contributed by atoms with Crippen LogP contribution in [0.1, 0.15) is 29.6 Å². The van der Waals surface area contributed by atoms with E-state index < -0.39 is 0 Å². The first-order valence-corrected chi connectivity index (χ1v) is 8.71. The van der Waals surface area contributed by atoms with Crippen molar-refractivity contribution in [3.8, 4) is 5.75 Å². The largest absolute Gasteiger partial charge is 0.492 e. The monoisotopic (exact) mass is 312 g/mol.